The molecule has 0 radical (unpaired) electrons. The van der Waals surface area contributed by atoms with Crippen LogP contribution in [0.15, 0.2) is 47.1 Å². The molecular weight excluding hydrogens is 466 g/mol. The highest BCUT2D eigenvalue weighted by Gasteiger charge is 2.20. The second kappa shape index (κ2) is 12.4. The predicted molar refractivity (Wildman–Crippen MR) is 134 cm³/mol. The Balaban J connectivity index is 1.73. The van der Waals surface area contributed by atoms with Crippen molar-refractivity contribution in [3.05, 3.63) is 54.0 Å². The molecule has 1 amide bonds. The van der Waals surface area contributed by atoms with E-state index < -0.39 is 18.1 Å². The van der Waals surface area contributed by atoms with Crippen molar-refractivity contribution < 1.29 is 23.8 Å². The fourth-order valence-corrected chi connectivity index (χ4v) is 2.95. The van der Waals surface area contributed by atoms with Crippen LogP contribution >= 0.6 is 0 Å². The maximum Gasteiger partial charge on any atom is 0.414 e. The van der Waals surface area contributed by atoms with E-state index in [1.165, 1.54) is 4.90 Å². The highest BCUT2D eigenvalue weighted by atomic mass is 16.6. The lowest BCUT2D eigenvalue weighted by Crippen LogP contribution is -2.32. The Morgan fingerprint density at radius 3 is 2.28 bits per heavy atom. The third-order valence-electron chi connectivity index (χ3n) is 4.84. The number of nitrogens with one attached hydrogen (secondary N) is 3. The van der Waals surface area contributed by atoms with Gasteiger partial charge in [0.25, 0.3) is 0 Å². The summed E-state index contributed by atoms with van der Waals surface area (Å²) in [6, 6.07) is 9.22. The van der Waals surface area contributed by atoms with E-state index in [1.54, 1.807) is 50.7 Å². The third kappa shape index (κ3) is 8.15. The number of carbonyl (C=O) groups excluding carboxylic acids is 1. The van der Waals surface area contributed by atoms with Gasteiger partial charge in [0.1, 0.15) is 17.6 Å². The van der Waals surface area contributed by atoms with Crippen molar-refractivity contribution in [1.29, 1.82) is 0 Å². The number of hydrogen-bond donors (Lipinski definition) is 4. The molecule has 12 heteroatoms. The Kier molecular flexibility index (Phi) is 9.03. The minimum atomic E-state index is -1.07. The highest BCUT2D eigenvalue weighted by molar-refractivity contribution is 5.77. The molecule has 3 rings (SSSR count). The topological polar surface area (TPSA) is 155 Å². The SMILES string of the molecule is CC(C)CNc1nc(NCc2ccco2)nc(N[C@@H](Cc2ccc(OC(=O)N(C)C)cc2)C(=O)O)n1. The van der Waals surface area contributed by atoms with Gasteiger partial charge in [-0.2, -0.15) is 15.0 Å². The van der Waals surface area contributed by atoms with Gasteiger partial charge in [0.15, 0.2) is 0 Å². The number of anilines is 3. The van der Waals surface area contributed by atoms with Crippen molar-refractivity contribution in [2.24, 2.45) is 5.92 Å². The van der Waals surface area contributed by atoms with E-state index in [9.17, 15) is 14.7 Å². The van der Waals surface area contributed by atoms with E-state index in [4.69, 9.17) is 9.15 Å². The van der Waals surface area contributed by atoms with Crippen LogP contribution in [0.25, 0.3) is 0 Å². The average molecular weight is 498 g/mol. The molecule has 0 unspecified atom stereocenters. The Bertz CT molecular complexity index is 1130. The molecule has 0 saturated heterocycles. The van der Waals surface area contributed by atoms with Gasteiger partial charge in [-0.3, -0.25) is 0 Å². The first-order chi connectivity index (χ1) is 17.2. The van der Waals surface area contributed by atoms with Gasteiger partial charge in [-0.1, -0.05) is 26.0 Å². The number of aromatic nitrogens is 3. The van der Waals surface area contributed by atoms with Gasteiger partial charge in [-0.15, -0.1) is 0 Å². The van der Waals surface area contributed by atoms with E-state index in [-0.39, 0.29) is 18.3 Å². The molecule has 3 aromatic rings. The Hall–Kier alpha value is -4.35. The molecule has 0 bridgehead atoms. The van der Waals surface area contributed by atoms with Crippen LogP contribution in [0.2, 0.25) is 0 Å². The number of carboxylic acid groups (broad SMARTS) is 1. The molecule has 0 aliphatic carbocycles. The molecule has 0 spiro atoms. The summed E-state index contributed by atoms with van der Waals surface area (Å²) in [4.78, 5) is 38.1. The molecule has 192 valence electrons. The maximum absolute atomic E-state index is 12.0. The van der Waals surface area contributed by atoms with Crippen LogP contribution in [-0.2, 0) is 17.8 Å². The normalized spacial score (nSPS) is 11.6. The Labute approximate surface area is 209 Å². The molecule has 4 N–H and O–H groups in total. The smallest absolute Gasteiger partial charge is 0.414 e. The number of hydrogen-bond acceptors (Lipinski definition) is 10. The number of nitrogens with zero attached hydrogens (tertiary/aromatic N) is 4. The fourth-order valence-electron chi connectivity index (χ4n) is 2.95. The first kappa shape index (κ1) is 26.3. The van der Waals surface area contributed by atoms with Gasteiger partial charge in [-0.25, -0.2) is 9.59 Å². The maximum atomic E-state index is 12.0. The summed E-state index contributed by atoms with van der Waals surface area (Å²) >= 11 is 0. The van der Waals surface area contributed by atoms with Crippen LogP contribution in [-0.4, -0.2) is 63.7 Å². The zero-order valence-electron chi connectivity index (χ0n) is 20.7. The lowest BCUT2D eigenvalue weighted by atomic mass is 10.1. The molecule has 12 nitrogen and oxygen atoms in total. The molecule has 1 aromatic carbocycles. The van der Waals surface area contributed by atoms with E-state index >= 15 is 0 Å². The van der Waals surface area contributed by atoms with Crippen molar-refractivity contribution in [1.82, 2.24) is 19.9 Å². The lowest BCUT2D eigenvalue weighted by molar-refractivity contribution is -0.137. The molecule has 0 saturated carbocycles. The number of carboxylic acids is 1. The summed E-state index contributed by atoms with van der Waals surface area (Å²) in [6.45, 7) is 5.09. The van der Waals surface area contributed by atoms with Gasteiger partial charge >= 0.3 is 12.1 Å². The van der Waals surface area contributed by atoms with Gasteiger partial charge in [-0.05, 0) is 35.7 Å². The fraction of sp³-hybridized carbons (Fsp3) is 0.375. The average Bonchev–Trinajstić information content (AvgIpc) is 3.36. The standard InChI is InChI=1S/C24H31N7O5/c1-15(2)13-25-21-28-22(26-14-18-6-5-11-35-18)30-23(29-21)27-19(20(32)33)12-16-7-9-17(10-8-16)36-24(34)31(3)4/h5-11,15,19H,12-14H2,1-4H3,(H,32,33)(H3,25,26,27,28,29,30)/t19-/m0/s1. The molecular formula is C24H31N7O5. The third-order valence-corrected chi connectivity index (χ3v) is 4.84. The quantitative estimate of drug-likeness (QED) is 0.291. The number of benzene rings is 1. The van der Waals surface area contributed by atoms with Crippen molar-refractivity contribution in [2.45, 2.75) is 32.9 Å². The van der Waals surface area contributed by atoms with E-state index in [0.29, 0.717) is 36.5 Å². The molecule has 0 aliphatic rings. The second-order valence-electron chi connectivity index (χ2n) is 8.66. The minimum Gasteiger partial charge on any atom is -0.480 e. The van der Waals surface area contributed by atoms with Crippen molar-refractivity contribution in [3.8, 4) is 5.75 Å². The molecule has 2 heterocycles. The molecule has 0 fully saturated rings. The summed E-state index contributed by atoms with van der Waals surface area (Å²) in [6.07, 6.45) is 1.22. The van der Waals surface area contributed by atoms with Crippen LogP contribution < -0.4 is 20.7 Å². The first-order valence-electron chi connectivity index (χ1n) is 11.4. The van der Waals surface area contributed by atoms with Gasteiger partial charge in [0, 0.05) is 27.1 Å². The number of amides is 1. The number of furan rings is 1. The summed E-state index contributed by atoms with van der Waals surface area (Å²) in [5.74, 6) is 1.05. The summed E-state index contributed by atoms with van der Waals surface area (Å²) in [5.41, 5.74) is 0.725. The van der Waals surface area contributed by atoms with Crippen molar-refractivity contribution in [3.63, 3.8) is 0 Å². The van der Waals surface area contributed by atoms with E-state index in [2.05, 4.69) is 44.7 Å². The van der Waals surface area contributed by atoms with Gasteiger partial charge < -0.3 is 35.1 Å². The number of rotatable bonds is 12. The molecule has 2 aromatic heterocycles. The van der Waals surface area contributed by atoms with Crippen LogP contribution in [0.1, 0.15) is 25.2 Å². The van der Waals surface area contributed by atoms with Gasteiger partial charge in [0.05, 0.1) is 12.8 Å². The number of ether oxygens (including phenoxy) is 1. The summed E-state index contributed by atoms with van der Waals surface area (Å²) in [5, 5.41) is 18.9. The Morgan fingerprint density at radius 2 is 1.69 bits per heavy atom. The highest BCUT2D eigenvalue weighted by Crippen LogP contribution is 2.17. The second-order valence-corrected chi connectivity index (χ2v) is 8.66. The summed E-state index contributed by atoms with van der Waals surface area (Å²) in [7, 11) is 3.17. The first-order valence-corrected chi connectivity index (χ1v) is 11.4. The van der Waals surface area contributed by atoms with Gasteiger partial charge in [0.2, 0.25) is 17.8 Å². The number of carbonyl (C=O) groups is 2. The largest absolute Gasteiger partial charge is 0.480 e. The number of aliphatic carboxylic acids is 1. The molecule has 0 aliphatic heterocycles. The monoisotopic (exact) mass is 497 g/mol. The van der Waals surface area contributed by atoms with Crippen LogP contribution in [0.4, 0.5) is 22.6 Å². The minimum absolute atomic E-state index is 0.113. The van der Waals surface area contributed by atoms with E-state index in [0.717, 1.165) is 5.56 Å². The van der Waals surface area contributed by atoms with E-state index in [1.807, 2.05) is 6.07 Å². The molecule has 36 heavy (non-hydrogen) atoms. The Morgan fingerprint density at radius 1 is 1.03 bits per heavy atom. The van der Waals surface area contributed by atoms with Crippen LogP contribution in [0, 0.1) is 5.92 Å². The van der Waals surface area contributed by atoms with Crippen molar-refractivity contribution in [2.75, 3.05) is 36.6 Å². The lowest BCUT2D eigenvalue weighted by Gasteiger charge is -2.17. The van der Waals surface area contributed by atoms with Crippen LogP contribution in [0.5, 0.6) is 5.75 Å². The predicted octanol–water partition coefficient (Wildman–Crippen LogP) is 3.31. The van der Waals surface area contributed by atoms with Crippen LogP contribution in [0.3, 0.4) is 0 Å². The zero-order chi connectivity index (χ0) is 26.1. The zero-order valence-corrected chi connectivity index (χ0v) is 20.7. The molecule has 1 atom stereocenters. The summed E-state index contributed by atoms with van der Waals surface area (Å²) < 4.78 is 10.5. The van der Waals surface area contributed by atoms with Crippen molar-refractivity contribution >= 4 is 29.9 Å².